The summed E-state index contributed by atoms with van der Waals surface area (Å²) in [5.74, 6) is -2.65. The molecule has 118 valence electrons. The summed E-state index contributed by atoms with van der Waals surface area (Å²) in [5.41, 5.74) is 0. The molecule has 0 fully saturated rings. The lowest BCUT2D eigenvalue weighted by atomic mass is 10.6. The van der Waals surface area contributed by atoms with Crippen LogP contribution in [0.4, 0.5) is 0 Å². The van der Waals surface area contributed by atoms with Crippen molar-refractivity contribution in [1.82, 2.24) is 10.4 Å². The first-order chi connectivity index (χ1) is 8.89. The van der Waals surface area contributed by atoms with E-state index in [0.717, 1.165) is 0 Å². The van der Waals surface area contributed by atoms with Crippen molar-refractivity contribution in [3.8, 4) is 0 Å². The first kappa shape index (κ1) is 19.2. The molecule has 0 aromatic heterocycles. The maximum Gasteiger partial charge on any atom is 0.342 e. The lowest BCUT2D eigenvalue weighted by molar-refractivity contribution is -0.189. The fourth-order valence-electron chi connectivity index (χ4n) is 0.947. The van der Waals surface area contributed by atoms with Crippen LogP contribution in [-0.2, 0) is 23.6 Å². The highest BCUT2D eigenvalue weighted by molar-refractivity contribution is 7.51. The highest BCUT2D eigenvalue weighted by Crippen LogP contribution is 2.35. The van der Waals surface area contributed by atoms with E-state index in [1.165, 1.54) is 0 Å². The Hall–Kier alpha value is -0.840. The molecule has 0 heterocycles. The minimum Gasteiger partial charge on any atom is -0.480 e. The van der Waals surface area contributed by atoms with Crippen LogP contribution in [0.3, 0.4) is 0 Å². The number of carboxylic acids is 1. The second kappa shape index (κ2) is 7.81. The molecule has 0 amide bonds. The number of carboxylic acid groups (broad SMARTS) is 1. The molecule has 14 heteroatoms. The summed E-state index contributed by atoms with van der Waals surface area (Å²) in [6.45, 7) is -1.64. The average molecular weight is 336 g/mol. The molecule has 0 aromatic rings. The van der Waals surface area contributed by atoms with Crippen molar-refractivity contribution in [2.24, 2.45) is 0 Å². The van der Waals surface area contributed by atoms with Gasteiger partial charge in [-0.3, -0.25) is 19.2 Å². The number of hydrogen-bond acceptors (Lipinski definition) is 7. The Labute approximate surface area is 112 Å². The predicted octanol–water partition coefficient (Wildman–Crippen LogP) is -2.31. The maximum atomic E-state index is 11.2. The van der Waals surface area contributed by atoms with Crippen molar-refractivity contribution in [2.75, 3.05) is 25.7 Å². The highest BCUT2D eigenvalue weighted by atomic mass is 31.2. The number of carbonyl (C=O) groups excluding carboxylic acids is 1. The minimum atomic E-state index is -4.65. The second-order valence-corrected chi connectivity index (χ2v) is 6.81. The standard InChI is InChI=1S/C6H14N2O10P2/c9-5(10)2-8(4-20(15,16)17)18-6(11)1-7-3-19(12,13)14/h7H,1-4H2,(H,9,10)(H2,12,13,14)(H2,15,16,17). The van der Waals surface area contributed by atoms with E-state index in [-0.39, 0.29) is 5.06 Å². The molecule has 0 unspecified atom stereocenters. The van der Waals surface area contributed by atoms with E-state index >= 15 is 0 Å². The summed E-state index contributed by atoms with van der Waals surface area (Å²) in [6.07, 6.45) is -1.93. The largest absolute Gasteiger partial charge is 0.480 e. The molecular weight excluding hydrogens is 322 g/mol. The average Bonchev–Trinajstić information content (AvgIpc) is 2.10. The lowest BCUT2D eigenvalue weighted by Crippen LogP contribution is -2.36. The quantitative estimate of drug-likeness (QED) is 0.195. The molecule has 0 saturated carbocycles. The lowest BCUT2D eigenvalue weighted by Gasteiger charge is -2.19. The molecule has 0 aliphatic carbocycles. The van der Waals surface area contributed by atoms with Crippen molar-refractivity contribution in [2.45, 2.75) is 0 Å². The van der Waals surface area contributed by atoms with Crippen molar-refractivity contribution < 1.29 is 48.2 Å². The summed E-state index contributed by atoms with van der Waals surface area (Å²) in [6, 6.07) is 0. The van der Waals surface area contributed by atoms with Gasteiger partial charge in [-0.15, -0.1) is 5.06 Å². The first-order valence-corrected chi connectivity index (χ1v) is 8.46. The zero-order valence-corrected chi connectivity index (χ0v) is 11.7. The topological polar surface area (TPSA) is 194 Å². The van der Waals surface area contributed by atoms with Crippen LogP contribution in [0.15, 0.2) is 0 Å². The molecule has 6 N–H and O–H groups in total. The van der Waals surface area contributed by atoms with Gasteiger partial charge in [0, 0.05) is 0 Å². The Bertz CT molecular complexity index is 441. The summed E-state index contributed by atoms with van der Waals surface area (Å²) in [4.78, 5) is 60.3. The zero-order valence-electron chi connectivity index (χ0n) is 9.95. The summed E-state index contributed by atoms with van der Waals surface area (Å²) < 4.78 is 21.2. The molecule has 0 bridgehead atoms. The van der Waals surface area contributed by atoms with Gasteiger partial charge < -0.3 is 29.5 Å². The van der Waals surface area contributed by atoms with E-state index < -0.39 is 52.8 Å². The van der Waals surface area contributed by atoms with E-state index in [1.807, 2.05) is 5.32 Å². The molecule has 12 nitrogen and oxygen atoms in total. The van der Waals surface area contributed by atoms with Crippen LogP contribution in [0.1, 0.15) is 0 Å². The number of hydroxylamine groups is 2. The third-order valence-electron chi connectivity index (χ3n) is 1.47. The molecule has 0 aliphatic heterocycles. The SMILES string of the molecule is O=C(O)CN(CP(=O)(O)O)OC(=O)CNCP(=O)(O)O. The first-order valence-electron chi connectivity index (χ1n) is 4.86. The van der Waals surface area contributed by atoms with Crippen molar-refractivity contribution in [3.63, 3.8) is 0 Å². The van der Waals surface area contributed by atoms with Crippen LogP contribution in [0.2, 0.25) is 0 Å². The van der Waals surface area contributed by atoms with Crippen molar-refractivity contribution in [1.29, 1.82) is 0 Å². The van der Waals surface area contributed by atoms with Gasteiger partial charge >= 0.3 is 27.1 Å². The molecule has 0 aromatic carbocycles. The van der Waals surface area contributed by atoms with Gasteiger partial charge in [0.2, 0.25) is 0 Å². The van der Waals surface area contributed by atoms with Crippen LogP contribution in [0.5, 0.6) is 0 Å². The molecule has 0 saturated heterocycles. The fraction of sp³-hybridized carbons (Fsp3) is 0.667. The van der Waals surface area contributed by atoms with Gasteiger partial charge in [0.05, 0.1) is 12.8 Å². The Balaban J connectivity index is 4.35. The Morgan fingerprint density at radius 3 is 2.05 bits per heavy atom. The molecule has 0 rings (SSSR count). The Kier molecular flexibility index (Phi) is 7.49. The van der Waals surface area contributed by atoms with Crippen LogP contribution in [0, 0.1) is 0 Å². The summed E-state index contributed by atoms with van der Waals surface area (Å²) in [7, 11) is -9.01. The molecule has 0 aliphatic rings. The van der Waals surface area contributed by atoms with Gasteiger partial charge in [0.1, 0.15) is 12.8 Å². The highest BCUT2D eigenvalue weighted by Gasteiger charge is 2.25. The monoisotopic (exact) mass is 336 g/mol. The molecule has 0 spiro atoms. The normalized spacial score (nSPS) is 12.4. The maximum absolute atomic E-state index is 11.2. The third-order valence-corrected chi connectivity index (χ3v) is 2.79. The van der Waals surface area contributed by atoms with Crippen molar-refractivity contribution >= 4 is 27.1 Å². The van der Waals surface area contributed by atoms with E-state index in [9.17, 15) is 18.7 Å². The number of carbonyl (C=O) groups is 2. The molecule has 20 heavy (non-hydrogen) atoms. The van der Waals surface area contributed by atoms with Gasteiger partial charge in [0.15, 0.2) is 0 Å². The fourth-order valence-corrected chi connectivity index (χ4v) is 1.92. The van der Waals surface area contributed by atoms with Gasteiger partial charge in [-0.2, -0.15) is 0 Å². The number of nitrogens with one attached hydrogen (secondary N) is 1. The van der Waals surface area contributed by atoms with E-state index in [4.69, 9.17) is 24.7 Å². The zero-order chi connectivity index (χ0) is 16.0. The number of hydrogen-bond donors (Lipinski definition) is 6. The van der Waals surface area contributed by atoms with Gasteiger partial charge in [-0.05, 0) is 0 Å². The van der Waals surface area contributed by atoms with Crippen LogP contribution in [-0.4, -0.2) is 67.3 Å². The van der Waals surface area contributed by atoms with Crippen LogP contribution >= 0.6 is 15.2 Å². The van der Waals surface area contributed by atoms with E-state index in [0.29, 0.717) is 0 Å². The van der Waals surface area contributed by atoms with Gasteiger partial charge in [-0.1, -0.05) is 0 Å². The molecular formula is C6H14N2O10P2. The third kappa shape index (κ3) is 12.2. The van der Waals surface area contributed by atoms with Crippen molar-refractivity contribution in [3.05, 3.63) is 0 Å². The Morgan fingerprint density at radius 2 is 1.65 bits per heavy atom. The Morgan fingerprint density at radius 1 is 1.10 bits per heavy atom. The van der Waals surface area contributed by atoms with Gasteiger partial charge in [0.25, 0.3) is 0 Å². The molecule has 0 radical (unpaired) electrons. The minimum absolute atomic E-state index is 0.241. The van der Waals surface area contributed by atoms with E-state index in [2.05, 4.69) is 4.84 Å². The van der Waals surface area contributed by atoms with Crippen LogP contribution < -0.4 is 5.32 Å². The van der Waals surface area contributed by atoms with Gasteiger partial charge in [-0.25, -0.2) is 4.79 Å². The summed E-state index contributed by atoms with van der Waals surface area (Å²) >= 11 is 0. The molecule has 0 atom stereocenters. The number of aliphatic carboxylic acids is 1. The number of rotatable bonds is 9. The predicted molar refractivity (Wildman–Crippen MR) is 62.3 cm³/mol. The summed E-state index contributed by atoms with van der Waals surface area (Å²) in [5, 5.41) is 10.8. The number of nitrogens with zero attached hydrogens (tertiary/aromatic N) is 1. The smallest absolute Gasteiger partial charge is 0.342 e. The second-order valence-electron chi connectivity index (χ2n) is 3.55. The van der Waals surface area contributed by atoms with E-state index in [1.54, 1.807) is 0 Å². The van der Waals surface area contributed by atoms with Crippen LogP contribution in [0.25, 0.3) is 0 Å².